The van der Waals surface area contributed by atoms with E-state index < -0.39 is 90.6 Å². The average Bonchev–Trinajstić information content (AvgIpc) is 3.35. The molecule has 1 aromatic carbocycles. The molecular formula is C35H48O14. The fraction of sp³-hybridized carbons (Fsp3) is 0.686. The molecule has 0 radical (unpaired) electrons. The lowest BCUT2D eigenvalue weighted by atomic mass is 9.46. The fourth-order valence-corrected chi connectivity index (χ4v) is 8.52. The summed E-state index contributed by atoms with van der Waals surface area (Å²) in [5.74, 6) is 0.0632. The van der Waals surface area contributed by atoms with Crippen molar-refractivity contribution in [2.24, 2.45) is 22.7 Å². The zero-order valence-electron chi connectivity index (χ0n) is 27.9. The Bertz CT molecular complexity index is 1560. The minimum absolute atomic E-state index is 0.163. The first kappa shape index (κ1) is 36.3. The van der Waals surface area contributed by atoms with Crippen molar-refractivity contribution in [2.75, 3.05) is 26.4 Å². The second kappa shape index (κ2) is 13.6. The van der Waals surface area contributed by atoms with Crippen LogP contribution in [0.1, 0.15) is 40.0 Å². The highest BCUT2D eigenvalue weighted by atomic mass is 16.7. The summed E-state index contributed by atoms with van der Waals surface area (Å²) in [6, 6.07) is 8.34. The zero-order chi connectivity index (χ0) is 35.5. The van der Waals surface area contributed by atoms with Crippen LogP contribution in [-0.4, -0.2) is 123 Å². The molecule has 2 saturated heterocycles. The molecule has 1 unspecified atom stereocenters. The van der Waals surface area contributed by atoms with Crippen molar-refractivity contribution in [3.8, 4) is 5.75 Å². The summed E-state index contributed by atoms with van der Waals surface area (Å²) in [4.78, 5) is 11.8. The highest BCUT2D eigenvalue weighted by Crippen LogP contribution is 2.61. The molecule has 2 aliphatic carbocycles. The second-order valence-corrected chi connectivity index (χ2v) is 14.9. The normalized spacial score (nSPS) is 42.2. The molecule has 2 aliphatic heterocycles. The van der Waals surface area contributed by atoms with E-state index in [4.69, 9.17) is 28.1 Å². The summed E-state index contributed by atoms with van der Waals surface area (Å²) in [7, 11) is 0. The SMILES string of the molecule is C=C1C[C@@H](O[C@@H]2O[C@H](CO[C@@H]3OC[C@](O)(CO)[C@H]3O)[C@@H](O)[C@H](O)[C@H]2O)C2C(C)(C)[C@H](O)CC[C@@]2(C)[C@@H]1COc1ccc2ccc(=O)oc2c1. The Balaban J connectivity index is 1.19. The maximum atomic E-state index is 11.8. The average molecular weight is 693 g/mol. The van der Waals surface area contributed by atoms with E-state index in [0.29, 0.717) is 30.6 Å². The Kier molecular flexibility index (Phi) is 10.1. The van der Waals surface area contributed by atoms with E-state index in [1.165, 1.54) is 6.07 Å². The van der Waals surface area contributed by atoms with Gasteiger partial charge in [-0.05, 0) is 54.2 Å². The number of aliphatic hydroxyl groups excluding tert-OH is 6. The van der Waals surface area contributed by atoms with Crippen LogP contribution < -0.4 is 10.4 Å². The minimum Gasteiger partial charge on any atom is -0.493 e. The van der Waals surface area contributed by atoms with Crippen LogP contribution in [0.3, 0.4) is 0 Å². The Morgan fingerprint density at radius 3 is 2.43 bits per heavy atom. The van der Waals surface area contributed by atoms with Crippen molar-refractivity contribution in [1.82, 2.24) is 0 Å². The van der Waals surface area contributed by atoms with Crippen molar-refractivity contribution in [2.45, 2.75) is 101 Å². The summed E-state index contributed by atoms with van der Waals surface area (Å²) in [5, 5.41) is 74.5. The van der Waals surface area contributed by atoms with E-state index in [0.717, 1.165) is 11.0 Å². The van der Waals surface area contributed by atoms with E-state index in [-0.39, 0.29) is 25.0 Å². The van der Waals surface area contributed by atoms with Gasteiger partial charge in [0.15, 0.2) is 12.6 Å². The third kappa shape index (κ3) is 6.58. The molecule has 7 N–H and O–H groups in total. The molecule has 14 heteroatoms. The molecule has 4 fully saturated rings. The van der Waals surface area contributed by atoms with Gasteiger partial charge >= 0.3 is 5.63 Å². The van der Waals surface area contributed by atoms with Crippen LogP contribution in [0, 0.1) is 22.7 Å². The number of benzene rings is 1. The van der Waals surface area contributed by atoms with E-state index >= 15 is 0 Å². The van der Waals surface area contributed by atoms with Gasteiger partial charge in [0.05, 0.1) is 38.6 Å². The first-order chi connectivity index (χ1) is 23.1. The fourth-order valence-electron chi connectivity index (χ4n) is 8.52. The maximum absolute atomic E-state index is 11.8. The van der Waals surface area contributed by atoms with E-state index in [1.54, 1.807) is 12.1 Å². The first-order valence-corrected chi connectivity index (χ1v) is 16.7. The van der Waals surface area contributed by atoms with Crippen molar-refractivity contribution in [1.29, 1.82) is 0 Å². The van der Waals surface area contributed by atoms with Gasteiger partial charge in [0.25, 0.3) is 0 Å². The predicted molar refractivity (Wildman–Crippen MR) is 171 cm³/mol. The van der Waals surface area contributed by atoms with Gasteiger partial charge in [-0.1, -0.05) is 32.9 Å². The van der Waals surface area contributed by atoms with Crippen molar-refractivity contribution >= 4 is 11.0 Å². The van der Waals surface area contributed by atoms with E-state index in [2.05, 4.69) is 13.5 Å². The molecule has 2 aromatic rings. The molecular weight excluding hydrogens is 644 g/mol. The molecule has 13 atom stereocenters. The molecule has 2 saturated carbocycles. The summed E-state index contributed by atoms with van der Waals surface area (Å²) >= 11 is 0. The van der Waals surface area contributed by atoms with Crippen LogP contribution in [0.5, 0.6) is 5.75 Å². The Morgan fingerprint density at radius 2 is 1.71 bits per heavy atom. The van der Waals surface area contributed by atoms with Gasteiger partial charge in [0.2, 0.25) is 0 Å². The van der Waals surface area contributed by atoms with E-state index in [1.807, 2.05) is 26.0 Å². The van der Waals surface area contributed by atoms with Crippen molar-refractivity contribution in [3.05, 3.63) is 52.9 Å². The van der Waals surface area contributed by atoms with Crippen LogP contribution in [0.2, 0.25) is 0 Å². The van der Waals surface area contributed by atoms with Crippen molar-refractivity contribution in [3.63, 3.8) is 0 Å². The highest BCUT2D eigenvalue weighted by molar-refractivity contribution is 5.77. The lowest BCUT2D eigenvalue weighted by Crippen LogP contribution is -2.64. The largest absolute Gasteiger partial charge is 0.493 e. The van der Waals surface area contributed by atoms with Gasteiger partial charge in [-0.15, -0.1) is 0 Å². The lowest BCUT2D eigenvalue weighted by molar-refractivity contribution is -0.332. The molecule has 0 amide bonds. The number of aliphatic hydroxyl groups is 7. The third-order valence-electron chi connectivity index (χ3n) is 11.4. The third-order valence-corrected chi connectivity index (χ3v) is 11.4. The van der Waals surface area contributed by atoms with Crippen LogP contribution in [-0.2, 0) is 18.9 Å². The quantitative estimate of drug-likeness (QED) is 0.138. The molecule has 4 aliphatic rings. The highest BCUT2D eigenvalue weighted by Gasteiger charge is 2.61. The molecule has 0 spiro atoms. The molecule has 6 rings (SSSR count). The number of ether oxygens (including phenoxy) is 5. The Hall–Kier alpha value is -2.47. The number of hydrogen-bond donors (Lipinski definition) is 7. The second-order valence-electron chi connectivity index (χ2n) is 14.9. The Morgan fingerprint density at radius 1 is 0.980 bits per heavy atom. The summed E-state index contributed by atoms with van der Waals surface area (Å²) in [6.07, 6.45) is -10.3. The summed E-state index contributed by atoms with van der Waals surface area (Å²) < 4.78 is 34.9. The Labute approximate surface area is 283 Å². The minimum atomic E-state index is -1.92. The van der Waals surface area contributed by atoms with Crippen LogP contribution in [0.4, 0.5) is 0 Å². The molecule has 49 heavy (non-hydrogen) atoms. The van der Waals surface area contributed by atoms with Gasteiger partial charge in [0, 0.05) is 23.4 Å². The van der Waals surface area contributed by atoms with Crippen molar-refractivity contribution < 1.29 is 63.8 Å². The van der Waals surface area contributed by atoms with Gasteiger partial charge < -0.3 is 63.8 Å². The smallest absolute Gasteiger partial charge is 0.336 e. The first-order valence-electron chi connectivity index (χ1n) is 16.7. The van der Waals surface area contributed by atoms with Crippen LogP contribution in [0.25, 0.3) is 11.0 Å². The summed E-state index contributed by atoms with van der Waals surface area (Å²) in [6.45, 7) is 9.19. The molecule has 0 bridgehead atoms. The van der Waals surface area contributed by atoms with Gasteiger partial charge in [-0.3, -0.25) is 0 Å². The molecule has 272 valence electrons. The molecule has 14 nitrogen and oxygen atoms in total. The summed E-state index contributed by atoms with van der Waals surface area (Å²) in [5.41, 5.74) is -2.29. The predicted octanol–water partition coefficient (Wildman–Crippen LogP) is 0.201. The number of rotatable bonds is 9. The number of hydrogen-bond acceptors (Lipinski definition) is 14. The lowest BCUT2D eigenvalue weighted by Gasteiger charge is -2.61. The molecule has 3 heterocycles. The monoisotopic (exact) mass is 692 g/mol. The van der Waals surface area contributed by atoms with Gasteiger partial charge in [-0.2, -0.15) is 0 Å². The van der Waals surface area contributed by atoms with Gasteiger partial charge in [-0.25, -0.2) is 4.79 Å². The number of fused-ring (bicyclic) bond motifs is 2. The van der Waals surface area contributed by atoms with Gasteiger partial charge in [0.1, 0.15) is 47.5 Å². The topological polar surface area (TPSA) is 218 Å². The maximum Gasteiger partial charge on any atom is 0.336 e. The molecule has 1 aromatic heterocycles. The van der Waals surface area contributed by atoms with E-state index in [9.17, 15) is 40.5 Å². The zero-order valence-corrected chi connectivity index (χ0v) is 27.9. The van der Waals surface area contributed by atoms with Crippen LogP contribution >= 0.6 is 0 Å². The standard InChI is InChI=1S/C35H48O14/c1-17-11-22(48-31-28(41)27(40)26(39)23(49-31)14-45-32-30(42)35(43,15-36)16-46-32)29-33(2,3)24(37)9-10-34(29,4)20(17)13-44-19-7-5-18-6-8-25(38)47-21(18)12-19/h5-8,12,20,22-24,26-32,36-37,39-43H,1,9-11,13-16H2,2-4H3/t20-,22-,23-,24-,26-,27+,28-,29?,30+,31-,32-,34+,35-/m1/s1. The van der Waals surface area contributed by atoms with Crippen LogP contribution in [0.15, 0.2) is 51.7 Å².